The molecule has 1 aliphatic carbocycles. The second-order valence-corrected chi connectivity index (χ2v) is 10.1. The van der Waals surface area contributed by atoms with Crippen molar-refractivity contribution in [1.29, 1.82) is 0 Å². The van der Waals surface area contributed by atoms with Gasteiger partial charge in [-0.2, -0.15) is 5.10 Å². The van der Waals surface area contributed by atoms with E-state index in [1.165, 1.54) is 12.8 Å². The fourth-order valence-corrected chi connectivity index (χ4v) is 5.96. The van der Waals surface area contributed by atoms with Crippen molar-refractivity contribution >= 4 is 5.78 Å². The van der Waals surface area contributed by atoms with Crippen molar-refractivity contribution in [2.24, 2.45) is 7.05 Å². The number of carbonyl (C=O) groups excluding carboxylic acids is 1. The van der Waals surface area contributed by atoms with E-state index in [0.717, 1.165) is 54.0 Å². The first-order valence-electron chi connectivity index (χ1n) is 12.3. The van der Waals surface area contributed by atoms with E-state index in [1.54, 1.807) is 11.7 Å². The van der Waals surface area contributed by atoms with Crippen LogP contribution in [0.25, 0.3) is 11.3 Å². The van der Waals surface area contributed by atoms with Gasteiger partial charge in [-0.15, -0.1) is 0 Å². The van der Waals surface area contributed by atoms with Crippen molar-refractivity contribution in [3.05, 3.63) is 69.9 Å². The zero-order valence-corrected chi connectivity index (χ0v) is 19.8. The first-order valence-corrected chi connectivity index (χ1v) is 12.3. The lowest BCUT2D eigenvalue weighted by Crippen LogP contribution is -2.48. The Bertz CT molecular complexity index is 1320. The van der Waals surface area contributed by atoms with E-state index in [2.05, 4.69) is 9.88 Å². The molecule has 0 N–H and O–H groups in total. The van der Waals surface area contributed by atoms with Gasteiger partial charge in [0.25, 0.3) is 0 Å². The predicted molar refractivity (Wildman–Crippen MR) is 125 cm³/mol. The summed E-state index contributed by atoms with van der Waals surface area (Å²) in [5.74, 6) is -3.30. The Morgan fingerprint density at radius 1 is 1.09 bits per heavy atom. The minimum absolute atomic E-state index is 0.0458. The fourth-order valence-electron chi connectivity index (χ4n) is 5.96. The summed E-state index contributed by atoms with van der Waals surface area (Å²) in [4.78, 5) is 20.3. The standard InChI is InChI=1S/C27H27F3N4O/c1-14-18(8-9-22(31-14)15-6-7-15)24(35)13-34-17-4-3-5-23(34)26-19(12-17)27(33(2)32-26)16-10-20(28)25(30)21(29)11-16/h8-11,15,17,23H,3-7,12-13H2,1-2H3/t17-,23+/m1/s1. The Morgan fingerprint density at radius 3 is 2.51 bits per heavy atom. The van der Waals surface area contributed by atoms with Crippen LogP contribution in [0.1, 0.15) is 77.1 Å². The first-order chi connectivity index (χ1) is 16.8. The third-order valence-corrected chi connectivity index (χ3v) is 7.80. The number of carbonyl (C=O) groups is 1. The van der Waals surface area contributed by atoms with Crippen molar-refractivity contribution < 1.29 is 18.0 Å². The quantitative estimate of drug-likeness (QED) is 0.362. The lowest BCUT2D eigenvalue weighted by Gasteiger charge is -2.45. The maximum absolute atomic E-state index is 14.0. The number of aryl methyl sites for hydroxylation is 2. The zero-order chi connectivity index (χ0) is 24.4. The number of ketones is 1. The van der Waals surface area contributed by atoms with E-state index in [0.29, 0.717) is 23.6 Å². The van der Waals surface area contributed by atoms with Crippen LogP contribution < -0.4 is 0 Å². The molecule has 0 spiro atoms. The van der Waals surface area contributed by atoms with Gasteiger partial charge in [-0.1, -0.05) is 0 Å². The van der Waals surface area contributed by atoms with E-state index in [9.17, 15) is 18.0 Å². The highest BCUT2D eigenvalue weighted by atomic mass is 19.2. The molecule has 3 aliphatic rings. The van der Waals surface area contributed by atoms with Crippen molar-refractivity contribution in [3.63, 3.8) is 0 Å². The summed E-state index contributed by atoms with van der Waals surface area (Å²) in [7, 11) is 1.74. The van der Waals surface area contributed by atoms with Crippen LogP contribution in [0.4, 0.5) is 13.2 Å². The highest BCUT2D eigenvalue weighted by molar-refractivity contribution is 5.98. The number of Topliss-reactive ketones (excluding diaryl/α,β-unsaturated/α-hetero) is 1. The van der Waals surface area contributed by atoms with Gasteiger partial charge >= 0.3 is 0 Å². The van der Waals surface area contributed by atoms with Crippen LogP contribution in [0.15, 0.2) is 24.3 Å². The number of hydrogen-bond acceptors (Lipinski definition) is 4. The largest absolute Gasteiger partial charge is 0.293 e. The highest BCUT2D eigenvalue weighted by Gasteiger charge is 2.42. The Morgan fingerprint density at radius 2 is 1.83 bits per heavy atom. The summed E-state index contributed by atoms with van der Waals surface area (Å²) < 4.78 is 43.2. The Kier molecular flexibility index (Phi) is 5.32. The van der Waals surface area contributed by atoms with E-state index in [1.807, 2.05) is 19.1 Å². The molecule has 2 aliphatic heterocycles. The summed E-state index contributed by atoms with van der Waals surface area (Å²) in [6.45, 7) is 2.19. The molecular weight excluding hydrogens is 453 g/mol. The second-order valence-electron chi connectivity index (χ2n) is 10.1. The van der Waals surface area contributed by atoms with Crippen LogP contribution in [-0.4, -0.2) is 38.0 Å². The molecule has 5 nitrogen and oxygen atoms in total. The number of benzene rings is 1. The molecule has 1 aromatic carbocycles. The summed E-state index contributed by atoms with van der Waals surface area (Å²) in [6.07, 6.45) is 5.78. The van der Waals surface area contributed by atoms with Gasteiger partial charge in [0, 0.05) is 47.1 Å². The smallest absolute Gasteiger partial charge is 0.194 e. The van der Waals surface area contributed by atoms with Crippen LogP contribution in [0.2, 0.25) is 0 Å². The average Bonchev–Trinajstić information content (AvgIpc) is 3.61. The first kappa shape index (κ1) is 22.5. The van der Waals surface area contributed by atoms with Gasteiger partial charge in [0.05, 0.1) is 24.0 Å². The number of rotatable bonds is 5. The van der Waals surface area contributed by atoms with Crippen molar-refractivity contribution in [2.45, 2.75) is 63.5 Å². The van der Waals surface area contributed by atoms with Gasteiger partial charge in [0.2, 0.25) is 0 Å². The summed E-state index contributed by atoms with van der Waals surface area (Å²) >= 11 is 0. The molecule has 0 amide bonds. The average molecular weight is 481 g/mol. The normalized spacial score (nSPS) is 21.7. The van der Waals surface area contributed by atoms with E-state index in [4.69, 9.17) is 5.10 Å². The number of fused-ring (bicyclic) bond motifs is 4. The number of halogens is 3. The molecule has 3 aromatic rings. The molecule has 2 fully saturated rings. The van der Waals surface area contributed by atoms with Gasteiger partial charge in [-0.25, -0.2) is 13.2 Å². The fraction of sp³-hybridized carbons (Fsp3) is 0.444. The van der Waals surface area contributed by atoms with Crippen LogP contribution in [-0.2, 0) is 13.5 Å². The van der Waals surface area contributed by atoms with Crippen molar-refractivity contribution in [3.8, 4) is 11.3 Å². The van der Waals surface area contributed by atoms with Gasteiger partial charge in [-0.3, -0.25) is 19.4 Å². The van der Waals surface area contributed by atoms with Crippen molar-refractivity contribution in [1.82, 2.24) is 19.7 Å². The summed E-state index contributed by atoms with van der Waals surface area (Å²) in [6, 6.07) is 6.04. The third-order valence-electron chi connectivity index (χ3n) is 7.80. The minimum atomic E-state index is -1.47. The molecule has 2 aromatic heterocycles. The van der Waals surface area contributed by atoms with E-state index in [-0.39, 0.29) is 30.0 Å². The molecule has 1 saturated heterocycles. The van der Waals surface area contributed by atoms with Gasteiger partial charge in [0.1, 0.15) is 0 Å². The van der Waals surface area contributed by atoms with Crippen molar-refractivity contribution in [2.75, 3.05) is 6.54 Å². The molecular formula is C27H27F3N4O. The topological polar surface area (TPSA) is 51.0 Å². The van der Waals surface area contributed by atoms with Crippen LogP contribution in [0.3, 0.4) is 0 Å². The second kappa shape index (κ2) is 8.29. The van der Waals surface area contributed by atoms with E-state index >= 15 is 0 Å². The molecule has 35 heavy (non-hydrogen) atoms. The monoisotopic (exact) mass is 480 g/mol. The lowest BCUT2D eigenvalue weighted by atomic mass is 9.81. The van der Waals surface area contributed by atoms with Gasteiger partial charge < -0.3 is 0 Å². The number of piperidine rings is 1. The third kappa shape index (κ3) is 3.78. The number of nitrogens with zero attached hydrogens (tertiary/aromatic N) is 4. The SMILES string of the molecule is Cc1nc(C2CC2)ccc1C(=O)CN1[C@@H]2CCC[C@H]1c1nn(C)c(-c3cc(F)c(F)c(F)c3)c1C2. The maximum Gasteiger partial charge on any atom is 0.194 e. The Balaban J connectivity index is 1.32. The number of hydrogen-bond donors (Lipinski definition) is 0. The summed E-state index contributed by atoms with van der Waals surface area (Å²) in [5.41, 5.74) is 5.18. The maximum atomic E-state index is 14.0. The van der Waals surface area contributed by atoms with Gasteiger partial charge in [0.15, 0.2) is 23.2 Å². The van der Waals surface area contributed by atoms with Crippen LogP contribution >= 0.6 is 0 Å². The highest BCUT2D eigenvalue weighted by Crippen LogP contribution is 2.45. The van der Waals surface area contributed by atoms with Gasteiger partial charge in [-0.05, 0) is 69.7 Å². The molecule has 8 heteroatoms. The number of pyridine rings is 1. The predicted octanol–water partition coefficient (Wildman–Crippen LogP) is 5.42. The Hall–Kier alpha value is -3.00. The van der Waals surface area contributed by atoms with E-state index < -0.39 is 17.5 Å². The molecule has 4 heterocycles. The number of aromatic nitrogens is 3. The lowest BCUT2D eigenvalue weighted by molar-refractivity contribution is 0.0561. The summed E-state index contributed by atoms with van der Waals surface area (Å²) in [5, 5.41) is 4.73. The molecule has 1 saturated carbocycles. The molecule has 0 radical (unpaired) electrons. The molecule has 0 unspecified atom stereocenters. The Labute approximate surface area is 202 Å². The zero-order valence-electron chi connectivity index (χ0n) is 19.8. The molecule has 6 rings (SSSR count). The van der Waals surface area contributed by atoms with Crippen LogP contribution in [0, 0.1) is 24.4 Å². The molecule has 2 bridgehead atoms. The minimum Gasteiger partial charge on any atom is -0.293 e. The molecule has 182 valence electrons. The van der Waals surface area contributed by atoms with Crippen LogP contribution in [0.5, 0.6) is 0 Å². The molecule has 2 atom stereocenters.